The molecule has 0 spiro atoms. The van der Waals surface area contributed by atoms with Crippen LogP contribution >= 0.6 is 0 Å². The fourth-order valence-electron chi connectivity index (χ4n) is 2.63. The van der Waals surface area contributed by atoms with Gasteiger partial charge in [0.25, 0.3) is 0 Å². The average Bonchev–Trinajstić information content (AvgIpc) is 3.02. The fraction of sp³-hybridized carbons (Fsp3) is 0.474. The van der Waals surface area contributed by atoms with E-state index in [9.17, 15) is 13.2 Å². The zero-order valence-electron chi connectivity index (χ0n) is 16.1. The molecule has 27 heavy (non-hydrogen) atoms. The van der Waals surface area contributed by atoms with Gasteiger partial charge in [-0.3, -0.25) is 4.79 Å². The van der Waals surface area contributed by atoms with Gasteiger partial charge in [0.2, 0.25) is 15.9 Å². The van der Waals surface area contributed by atoms with Crippen LogP contribution in [-0.4, -0.2) is 36.9 Å². The first-order valence-corrected chi connectivity index (χ1v) is 10.6. The number of carbonyl (C=O) groups is 1. The number of hydrogen-bond donors (Lipinski definition) is 1. The maximum atomic E-state index is 13.0. The molecule has 0 aliphatic rings. The highest BCUT2D eigenvalue weighted by Crippen LogP contribution is 2.18. The van der Waals surface area contributed by atoms with Gasteiger partial charge in [0.15, 0.2) is 5.82 Å². The molecule has 0 aliphatic heterocycles. The summed E-state index contributed by atoms with van der Waals surface area (Å²) in [5.74, 6) is 0.389. The first-order chi connectivity index (χ1) is 12.8. The molecule has 0 saturated carbocycles. The zero-order valence-corrected chi connectivity index (χ0v) is 16.9. The van der Waals surface area contributed by atoms with Crippen LogP contribution in [0.2, 0.25) is 0 Å². The minimum Gasteiger partial charge on any atom is -0.360 e. The number of unbranched alkanes of at least 4 members (excludes halogenated alkanes) is 3. The molecular formula is C19H27N3O4S. The molecule has 0 atom stereocenters. The molecule has 1 amide bonds. The first kappa shape index (κ1) is 21.1. The van der Waals surface area contributed by atoms with Gasteiger partial charge in [-0.25, -0.2) is 8.42 Å². The summed E-state index contributed by atoms with van der Waals surface area (Å²) in [6.07, 6.45) is 3.70. The Labute approximate surface area is 160 Å². The Morgan fingerprint density at radius 3 is 2.44 bits per heavy atom. The van der Waals surface area contributed by atoms with Gasteiger partial charge in [0.05, 0.1) is 11.4 Å². The van der Waals surface area contributed by atoms with Crippen LogP contribution in [0.25, 0.3) is 0 Å². The molecule has 0 unspecified atom stereocenters. The largest absolute Gasteiger partial charge is 0.360 e. The Morgan fingerprint density at radius 1 is 1.15 bits per heavy atom. The smallest absolute Gasteiger partial charge is 0.243 e. The van der Waals surface area contributed by atoms with E-state index in [-0.39, 0.29) is 17.3 Å². The molecule has 0 saturated heterocycles. The minimum absolute atomic E-state index is 0.189. The summed E-state index contributed by atoms with van der Waals surface area (Å²) in [4.78, 5) is 12.5. The van der Waals surface area contributed by atoms with Gasteiger partial charge < -0.3 is 9.84 Å². The number of benzene rings is 1. The van der Waals surface area contributed by atoms with E-state index >= 15 is 0 Å². The summed E-state index contributed by atoms with van der Waals surface area (Å²) >= 11 is 0. The number of amides is 1. The Kier molecular flexibility index (Phi) is 7.55. The predicted molar refractivity (Wildman–Crippen MR) is 104 cm³/mol. The summed E-state index contributed by atoms with van der Waals surface area (Å²) in [6, 6.07) is 8.23. The topological polar surface area (TPSA) is 92.5 Å². The molecule has 1 aromatic heterocycles. The second-order valence-electron chi connectivity index (χ2n) is 6.58. The molecule has 0 radical (unpaired) electrons. The van der Waals surface area contributed by atoms with E-state index in [1.54, 1.807) is 37.3 Å². The maximum absolute atomic E-state index is 13.0. The van der Waals surface area contributed by atoms with E-state index in [0.717, 1.165) is 24.8 Å². The minimum atomic E-state index is -3.76. The van der Waals surface area contributed by atoms with Crippen molar-refractivity contribution in [1.82, 2.24) is 9.46 Å². The second-order valence-corrected chi connectivity index (χ2v) is 8.52. The van der Waals surface area contributed by atoms with Crippen molar-refractivity contribution in [2.75, 3.05) is 18.4 Å². The van der Waals surface area contributed by atoms with Crippen LogP contribution < -0.4 is 5.32 Å². The van der Waals surface area contributed by atoms with Gasteiger partial charge in [0, 0.05) is 12.6 Å². The average molecular weight is 394 g/mol. The van der Waals surface area contributed by atoms with Crippen molar-refractivity contribution in [1.29, 1.82) is 0 Å². The second kappa shape index (κ2) is 9.66. The quantitative estimate of drug-likeness (QED) is 0.624. The van der Waals surface area contributed by atoms with Crippen LogP contribution in [0.1, 0.15) is 43.9 Å². The Balaban J connectivity index is 2.13. The van der Waals surface area contributed by atoms with Gasteiger partial charge in [0.1, 0.15) is 5.76 Å². The molecule has 0 aliphatic carbocycles. The van der Waals surface area contributed by atoms with Gasteiger partial charge in [-0.15, -0.1) is 0 Å². The number of hydrogen-bond acceptors (Lipinski definition) is 5. The van der Waals surface area contributed by atoms with E-state index < -0.39 is 15.9 Å². The standard InChI is InChI=1S/C19H27N3O4S/c1-4-5-6-7-12-22(14-19(23)20-18-13-16(3)26-21-18)27(24,25)17-10-8-15(2)9-11-17/h8-11,13H,4-7,12,14H2,1-3H3,(H,20,21,23). The first-order valence-electron chi connectivity index (χ1n) is 9.13. The summed E-state index contributed by atoms with van der Waals surface area (Å²) in [5, 5.41) is 6.28. The van der Waals surface area contributed by atoms with Crippen molar-refractivity contribution in [3.8, 4) is 0 Å². The molecule has 7 nitrogen and oxygen atoms in total. The Morgan fingerprint density at radius 2 is 1.85 bits per heavy atom. The van der Waals surface area contributed by atoms with Crippen molar-refractivity contribution in [2.45, 2.75) is 51.3 Å². The highest BCUT2D eigenvalue weighted by molar-refractivity contribution is 7.89. The van der Waals surface area contributed by atoms with Crippen LogP contribution in [0.4, 0.5) is 5.82 Å². The monoisotopic (exact) mass is 393 g/mol. The number of aryl methyl sites for hydroxylation is 2. The van der Waals surface area contributed by atoms with Gasteiger partial charge in [-0.2, -0.15) is 4.31 Å². The molecule has 1 aromatic carbocycles. The van der Waals surface area contributed by atoms with Crippen molar-refractivity contribution in [2.24, 2.45) is 0 Å². The number of nitrogens with one attached hydrogen (secondary N) is 1. The summed E-state index contributed by atoms with van der Waals surface area (Å²) < 4.78 is 32.2. The third-order valence-corrected chi connectivity index (χ3v) is 5.99. The number of carbonyl (C=O) groups excluding carboxylic acids is 1. The van der Waals surface area contributed by atoms with Crippen LogP contribution in [0.5, 0.6) is 0 Å². The van der Waals surface area contributed by atoms with Crippen molar-refractivity contribution in [3.63, 3.8) is 0 Å². The van der Waals surface area contributed by atoms with Crippen LogP contribution in [-0.2, 0) is 14.8 Å². The molecule has 2 aromatic rings. The SMILES string of the molecule is CCCCCCN(CC(=O)Nc1cc(C)on1)S(=O)(=O)c1ccc(C)cc1. The molecule has 2 rings (SSSR count). The van der Waals surface area contributed by atoms with E-state index in [1.807, 2.05) is 6.92 Å². The molecule has 8 heteroatoms. The van der Waals surface area contributed by atoms with Crippen molar-refractivity contribution in [3.05, 3.63) is 41.7 Å². The highest BCUT2D eigenvalue weighted by Gasteiger charge is 2.26. The number of aromatic nitrogens is 1. The number of nitrogens with zero attached hydrogens (tertiary/aromatic N) is 2. The number of rotatable bonds is 10. The number of anilines is 1. The van der Waals surface area contributed by atoms with Gasteiger partial charge >= 0.3 is 0 Å². The van der Waals surface area contributed by atoms with E-state index in [1.165, 1.54) is 4.31 Å². The lowest BCUT2D eigenvalue weighted by Crippen LogP contribution is -2.38. The van der Waals surface area contributed by atoms with Gasteiger partial charge in [-0.1, -0.05) is 49.0 Å². The van der Waals surface area contributed by atoms with Gasteiger partial charge in [-0.05, 0) is 32.4 Å². The van der Waals surface area contributed by atoms with Crippen LogP contribution in [0.15, 0.2) is 39.8 Å². The van der Waals surface area contributed by atoms with Crippen LogP contribution in [0.3, 0.4) is 0 Å². The summed E-state index contributed by atoms with van der Waals surface area (Å²) in [6.45, 7) is 5.72. The Hall–Kier alpha value is -2.19. The van der Waals surface area contributed by atoms with E-state index in [2.05, 4.69) is 17.4 Å². The molecule has 1 heterocycles. The molecular weight excluding hydrogens is 366 g/mol. The van der Waals surface area contributed by atoms with Crippen molar-refractivity contribution < 1.29 is 17.7 Å². The fourth-order valence-corrected chi connectivity index (χ4v) is 4.06. The number of sulfonamides is 1. The normalized spacial score (nSPS) is 11.7. The van der Waals surface area contributed by atoms with Crippen LogP contribution in [0, 0.1) is 13.8 Å². The lowest BCUT2D eigenvalue weighted by atomic mass is 10.2. The molecule has 0 fully saturated rings. The lowest BCUT2D eigenvalue weighted by molar-refractivity contribution is -0.116. The third-order valence-electron chi connectivity index (χ3n) is 4.14. The predicted octanol–water partition coefficient (Wildman–Crippen LogP) is 3.50. The van der Waals surface area contributed by atoms with Crippen molar-refractivity contribution >= 4 is 21.7 Å². The summed E-state index contributed by atoms with van der Waals surface area (Å²) in [5.41, 5.74) is 0.975. The Bertz CT molecular complexity index is 844. The molecule has 148 valence electrons. The molecule has 1 N–H and O–H groups in total. The molecule has 0 bridgehead atoms. The highest BCUT2D eigenvalue weighted by atomic mass is 32.2. The third kappa shape index (κ3) is 6.18. The van der Waals surface area contributed by atoms with E-state index in [0.29, 0.717) is 18.7 Å². The lowest BCUT2D eigenvalue weighted by Gasteiger charge is -2.21. The summed E-state index contributed by atoms with van der Waals surface area (Å²) in [7, 11) is -3.76. The maximum Gasteiger partial charge on any atom is 0.243 e. The zero-order chi connectivity index (χ0) is 19.9. The van der Waals surface area contributed by atoms with E-state index in [4.69, 9.17) is 4.52 Å².